The number of alkyl halides is 2. The summed E-state index contributed by atoms with van der Waals surface area (Å²) in [6.45, 7) is 5.63. The Balaban J connectivity index is 0.000000252. The molecule has 1 N–H and O–H groups in total. The number of nitrogens with one attached hydrogen (secondary N) is 1. The summed E-state index contributed by atoms with van der Waals surface area (Å²) in [7, 11) is 1.92. The van der Waals surface area contributed by atoms with Gasteiger partial charge < -0.3 is 10.2 Å². The molecule has 0 radical (unpaired) electrons. The number of aryl methyl sites for hydroxylation is 1. The van der Waals surface area contributed by atoms with Crippen molar-refractivity contribution < 1.29 is 13.6 Å². The van der Waals surface area contributed by atoms with Gasteiger partial charge in [-0.05, 0) is 42.2 Å². The molecule has 0 saturated carbocycles. The molecule has 0 atom stereocenters. The molecule has 6 nitrogen and oxygen atoms in total. The number of amides is 1. The number of likely N-dealkylation sites (tertiary alicyclic amines) is 1. The molecule has 0 aliphatic carbocycles. The Labute approximate surface area is 168 Å². The van der Waals surface area contributed by atoms with Crippen molar-refractivity contribution in [3.63, 3.8) is 0 Å². The number of benzene rings is 1. The summed E-state index contributed by atoms with van der Waals surface area (Å²) in [6, 6.07) is 8.44. The van der Waals surface area contributed by atoms with E-state index in [2.05, 4.69) is 66.6 Å². The maximum absolute atomic E-state index is 11.8. The average molecular weight is 401 g/mol. The number of hydrogen-bond acceptors (Lipinski definition) is 4. The van der Waals surface area contributed by atoms with Crippen molar-refractivity contribution in [1.29, 1.82) is 0 Å². The smallest absolute Gasteiger partial charge is 0.282 e. The lowest BCUT2D eigenvalue weighted by Crippen LogP contribution is -2.55. The molecule has 154 valence electrons. The Hall–Kier alpha value is -3.03. The molecule has 0 unspecified atom stereocenters. The van der Waals surface area contributed by atoms with Crippen molar-refractivity contribution in [3.05, 3.63) is 47.8 Å². The molecular formula is C21H25F2N5O. The number of pyridine rings is 1. The zero-order valence-electron chi connectivity index (χ0n) is 17.0. The summed E-state index contributed by atoms with van der Waals surface area (Å²) in [4.78, 5) is 15.2. The summed E-state index contributed by atoms with van der Waals surface area (Å²) in [5.74, 6) is -2.14. The number of rotatable bonds is 4. The van der Waals surface area contributed by atoms with Crippen LogP contribution in [0.4, 0.5) is 14.5 Å². The van der Waals surface area contributed by atoms with E-state index in [1.165, 1.54) is 11.1 Å². The minimum Gasteiger partial charge on any atom is -0.388 e. The molecule has 0 bridgehead atoms. The van der Waals surface area contributed by atoms with Gasteiger partial charge in [0.15, 0.2) is 5.65 Å². The second kappa shape index (κ2) is 8.14. The van der Waals surface area contributed by atoms with Crippen LogP contribution in [0.15, 0.2) is 36.7 Å². The van der Waals surface area contributed by atoms with Gasteiger partial charge in [0.1, 0.15) is 0 Å². The highest BCUT2D eigenvalue weighted by Gasteiger charge is 2.43. The lowest BCUT2D eigenvalue weighted by molar-refractivity contribution is -0.153. The molecule has 3 aromatic rings. The van der Waals surface area contributed by atoms with E-state index in [4.69, 9.17) is 0 Å². The summed E-state index contributed by atoms with van der Waals surface area (Å²) >= 11 is 0. The largest absolute Gasteiger partial charge is 0.388 e. The first-order chi connectivity index (χ1) is 13.7. The van der Waals surface area contributed by atoms with Crippen LogP contribution in [-0.4, -0.2) is 52.1 Å². The van der Waals surface area contributed by atoms with E-state index >= 15 is 0 Å². The van der Waals surface area contributed by atoms with Gasteiger partial charge in [-0.25, -0.2) is 18.4 Å². The zero-order valence-corrected chi connectivity index (χ0v) is 17.0. The Morgan fingerprint density at radius 3 is 2.52 bits per heavy atom. The lowest BCUT2D eigenvalue weighted by Gasteiger charge is -2.35. The van der Waals surface area contributed by atoms with Gasteiger partial charge in [0.2, 0.25) is 6.41 Å². The number of fused-ring (bicyclic) bond motifs is 1. The first-order valence-corrected chi connectivity index (χ1v) is 9.43. The molecule has 3 heterocycles. The molecule has 29 heavy (non-hydrogen) atoms. The average Bonchev–Trinajstić information content (AvgIpc) is 3.09. The van der Waals surface area contributed by atoms with Gasteiger partial charge in [0.25, 0.3) is 5.92 Å². The van der Waals surface area contributed by atoms with Crippen LogP contribution in [0, 0.1) is 6.92 Å². The lowest BCUT2D eigenvalue weighted by atomic mass is 10.1. The Morgan fingerprint density at radius 2 is 1.97 bits per heavy atom. The number of hydrogen-bond donors (Lipinski definition) is 1. The third-order valence-corrected chi connectivity index (χ3v) is 4.81. The van der Waals surface area contributed by atoms with E-state index in [0.29, 0.717) is 12.3 Å². The van der Waals surface area contributed by atoms with Crippen molar-refractivity contribution in [2.45, 2.75) is 32.6 Å². The third kappa shape index (κ3) is 4.70. The Bertz CT molecular complexity index is 1010. The minimum absolute atomic E-state index is 0.406. The third-order valence-electron chi connectivity index (χ3n) is 4.81. The molecule has 0 spiro atoms. The van der Waals surface area contributed by atoms with Crippen LogP contribution < -0.4 is 5.32 Å². The summed E-state index contributed by atoms with van der Waals surface area (Å²) < 4.78 is 25.5. The van der Waals surface area contributed by atoms with Crippen molar-refractivity contribution in [3.8, 4) is 5.69 Å². The number of carbonyl (C=O) groups is 1. The van der Waals surface area contributed by atoms with Gasteiger partial charge in [-0.1, -0.05) is 19.9 Å². The van der Waals surface area contributed by atoms with E-state index in [9.17, 15) is 13.6 Å². The first-order valence-electron chi connectivity index (χ1n) is 9.43. The minimum atomic E-state index is -2.61. The van der Waals surface area contributed by atoms with Gasteiger partial charge >= 0.3 is 0 Å². The molecular weight excluding hydrogens is 376 g/mol. The first kappa shape index (κ1) is 20.7. The molecule has 1 aliphatic rings. The van der Waals surface area contributed by atoms with E-state index in [1.54, 1.807) is 0 Å². The topological polar surface area (TPSA) is 63.1 Å². The summed E-state index contributed by atoms with van der Waals surface area (Å²) in [5, 5.41) is 8.84. The molecule has 1 amide bonds. The highest BCUT2D eigenvalue weighted by molar-refractivity contribution is 5.75. The van der Waals surface area contributed by atoms with E-state index in [1.807, 2.05) is 17.9 Å². The van der Waals surface area contributed by atoms with Gasteiger partial charge in [0, 0.05) is 30.5 Å². The van der Waals surface area contributed by atoms with E-state index < -0.39 is 19.0 Å². The number of nitrogens with zero attached hydrogens (tertiary/aromatic N) is 4. The Morgan fingerprint density at radius 1 is 1.24 bits per heavy atom. The van der Waals surface area contributed by atoms with Gasteiger partial charge in [-0.15, -0.1) is 5.10 Å². The maximum Gasteiger partial charge on any atom is 0.282 e. The van der Waals surface area contributed by atoms with Crippen molar-refractivity contribution in [2.24, 2.45) is 0 Å². The molecule has 1 aromatic carbocycles. The maximum atomic E-state index is 11.8. The van der Waals surface area contributed by atoms with Crippen LogP contribution in [0.2, 0.25) is 0 Å². The second-order valence-electron chi connectivity index (χ2n) is 7.53. The summed E-state index contributed by atoms with van der Waals surface area (Å²) in [6.07, 6.45) is 4.40. The van der Waals surface area contributed by atoms with Gasteiger partial charge in [-0.3, -0.25) is 4.79 Å². The second-order valence-corrected chi connectivity index (χ2v) is 7.53. The summed E-state index contributed by atoms with van der Waals surface area (Å²) in [5.41, 5.74) is 5.36. The number of halogens is 2. The molecule has 4 rings (SSSR count). The van der Waals surface area contributed by atoms with E-state index in [-0.39, 0.29) is 0 Å². The van der Waals surface area contributed by atoms with Gasteiger partial charge in [0.05, 0.1) is 18.8 Å². The number of anilines is 1. The Kier molecular flexibility index (Phi) is 5.81. The number of carbonyl (C=O) groups excluding carboxylic acids is 1. The molecule has 1 aliphatic heterocycles. The highest BCUT2D eigenvalue weighted by Crippen LogP contribution is 2.24. The van der Waals surface area contributed by atoms with Crippen LogP contribution in [0.3, 0.4) is 0 Å². The highest BCUT2D eigenvalue weighted by atomic mass is 19.3. The molecule has 1 saturated heterocycles. The van der Waals surface area contributed by atoms with Crippen LogP contribution in [0.25, 0.3) is 16.7 Å². The normalized spacial score (nSPS) is 14.9. The molecule has 2 aromatic heterocycles. The zero-order chi connectivity index (χ0) is 21.2. The number of aromatic nitrogens is 3. The fraction of sp³-hybridized carbons (Fsp3) is 0.381. The van der Waals surface area contributed by atoms with Crippen LogP contribution in [-0.2, 0) is 4.79 Å². The monoisotopic (exact) mass is 401 g/mol. The fourth-order valence-electron chi connectivity index (χ4n) is 3.01. The molecule has 8 heteroatoms. The van der Waals surface area contributed by atoms with Crippen molar-refractivity contribution in [1.82, 2.24) is 19.7 Å². The van der Waals surface area contributed by atoms with Crippen molar-refractivity contribution in [2.75, 3.05) is 25.5 Å². The van der Waals surface area contributed by atoms with Crippen molar-refractivity contribution >= 4 is 23.1 Å². The fourth-order valence-corrected chi connectivity index (χ4v) is 3.01. The standard InChI is InChI=1S/C17H20N4.C4H5F2NO/c1-11(2)13-7-14-10-21(20-17(14)19-9-13)16-8-15(18-4)6-5-12(16)3;5-4(6)1-7(2-4)3-8/h5-11,18H,1-4H3;3H,1-2H2. The van der Waals surface area contributed by atoms with Crippen LogP contribution in [0.1, 0.15) is 30.9 Å². The van der Waals surface area contributed by atoms with E-state index in [0.717, 1.165) is 27.3 Å². The predicted octanol–water partition coefficient (Wildman–Crippen LogP) is 3.99. The predicted molar refractivity (Wildman–Crippen MR) is 110 cm³/mol. The SMILES string of the molecule is CNc1ccc(C)c(-n2cc3cc(C(C)C)cnc3n2)c1.O=CN1CC(F)(F)C1. The molecule has 1 fully saturated rings. The quantitative estimate of drug-likeness (QED) is 0.672. The van der Waals surface area contributed by atoms with Gasteiger partial charge in [-0.2, -0.15) is 0 Å². The van der Waals surface area contributed by atoms with Crippen LogP contribution >= 0.6 is 0 Å². The van der Waals surface area contributed by atoms with Crippen LogP contribution in [0.5, 0.6) is 0 Å².